The van der Waals surface area contributed by atoms with Gasteiger partial charge in [-0.25, -0.2) is 0 Å². The zero-order valence-electron chi connectivity index (χ0n) is 18.5. The summed E-state index contributed by atoms with van der Waals surface area (Å²) in [7, 11) is 0. The Morgan fingerprint density at radius 2 is 1.87 bits per heavy atom. The van der Waals surface area contributed by atoms with Gasteiger partial charge in [0.1, 0.15) is 0 Å². The van der Waals surface area contributed by atoms with Crippen LogP contribution in [0.3, 0.4) is 0 Å². The number of nitrogens with one attached hydrogen (secondary N) is 2. The summed E-state index contributed by atoms with van der Waals surface area (Å²) in [6, 6.07) is 19.9. The van der Waals surface area contributed by atoms with E-state index >= 15 is 0 Å². The summed E-state index contributed by atoms with van der Waals surface area (Å²) in [4.78, 5) is 0. The minimum Gasteiger partial charge on any atom is -0.374 e. The molecule has 0 saturated carbocycles. The lowest BCUT2D eigenvalue weighted by Crippen LogP contribution is -2.39. The Hall–Kier alpha value is -2.39. The molecule has 4 rings (SSSR count). The summed E-state index contributed by atoms with van der Waals surface area (Å²) in [5.41, 5.74) is 4.80. The van der Waals surface area contributed by atoms with Gasteiger partial charge in [0.25, 0.3) is 0 Å². The Morgan fingerprint density at radius 3 is 2.61 bits per heavy atom. The summed E-state index contributed by atoms with van der Waals surface area (Å²) in [5, 5.41) is 8.39. The largest absolute Gasteiger partial charge is 0.374 e. The monoisotopic (exact) mass is 432 g/mol. The van der Waals surface area contributed by atoms with Gasteiger partial charge in [0, 0.05) is 48.8 Å². The second-order valence-electron chi connectivity index (χ2n) is 7.96. The lowest BCUT2D eigenvalue weighted by molar-refractivity contribution is 0.308. The van der Waals surface area contributed by atoms with Crippen LogP contribution in [0.4, 0.5) is 5.69 Å². The van der Waals surface area contributed by atoms with Crippen LogP contribution in [0, 0.1) is 11.8 Å². The number of fused-ring (bicyclic) bond motifs is 1. The van der Waals surface area contributed by atoms with Crippen LogP contribution in [-0.4, -0.2) is 40.8 Å². The predicted molar refractivity (Wildman–Crippen MR) is 134 cm³/mol. The van der Waals surface area contributed by atoms with Gasteiger partial charge in [0.05, 0.1) is 12.2 Å². The van der Waals surface area contributed by atoms with Crippen molar-refractivity contribution < 1.29 is 0 Å². The van der Waals surface area contributed by atoms with E-state index in [2.05, 4.69) is 80.9 Å². The van der Waals surface area contributed by atoms with Gasteiger partial charge in [-0.3, -0.25) is 4.31 Å². The Bertz CT molecular complexity index is 1040. The van der Waals surface area contributed by atoms with E-state index in [0.717, 1.165) is 24.5 Å². The third-order valence-corrected chi connectivity index (χ3v) is 6.84. The average molecular weight is 433 g/mol. The molecule has 162 valence electrons. The van der Waals surface area contributed by atoms with Crippen molar-refractivity contribution in [3.63, 3.8) is 0 Å². The van der Waals surface area contributed by atoms with Crippen molar-refractivity contribution >= 4 is 28.5 Å². The van der Waals surface area contributed by atoms with Gasteiger partial charge in [0.2, 0.25) is 0 Å². The summed E-state index contributed by atoms with van der Waals surface area (Å²) >= 11 is 1.86. The highest BCUT2D eigenvalue weighted by atomic mass is 32.2. The van der Waals surface area contributed by atoms with Gasteiger partial charge >= 0.3 is 0 Å². The Labute approximate surface area is 190 Å². The summed E-state index contributed by atoms with van der Waals surface area (Å²) in [6.07, 6.45) is 4.63. The number of aryl methyl sites for hydroxylation is 1. The highest BCUT2D eigenvalue weighted by Gasteiger charge is 2.18. The standard InChI is InChI=1S/C26H32N4S/c1-3-30-25(10-7-15-27-23-8-5-4-6-9-23)19-22-18-21(11-12-26(22)30)20-28-24-13-16-29(31-2)17-14-24/h4-6,8-9,11-12,18-19,24,27-28H,3,13-17,20H2,1-2H3. The molecule has 0 radical (unpaired) electrons. The molecule has 4 nitrogen and oxygen atoms in total. The molecule has 0 amide bonds. The Balaban J connectivity index is 1.40. The van der Waals surface area contributed by atoms with E-state index in [1.165, 1.54) is 42.4 Å². The van der Waals surface area contributed by atoms with Crippen molar-refractivity contribution in [1.82, 2.24) is 14.2 Å². The molecule has 3 aromatic rings. The summed E-state index contributed by atoms with van der Waals surface area (Å²) in [5.74, 6) is 6.64. The highest BCUT2D eigenvalue weighted by molar-refractivity contribution is 7.96. The molecule has 2 heterocycles. The highest BCUT2D eigenvalue weighted by Crippen LogP contribution is 2.22. The van der Waals surface area contributed by atoms with Crippen LogP contribution >= 0.6 is 11.9 Å². The molecule has 2 N–H and O–H groups in total. The normalized spacial score (nSPS) is 15.0. The minimum absolute atomic E-state index is 0.623. The first-order chi connectivity index (χ1) is 15.3. The van der Waals surface area contributed by atoms with E-state index in [4.69, 9.17) is 0 Å². The molecule has 0 spiro atoms. The zero-order valence-corrected chi connectivity index (χ0v) is 19.3. The first-order valence-electron chi connectivity index (χ1n) is 11.2. The van der Waals surface area contributed by atoms with Crippen molar-refractivity contribution in [3.05, 3.63) is 65.9 Å². The fraction of sp³-hybridized carbons (Fsp3) is 0.385. The van der Waals surface area contributed by atoms with E-state index < -0.39 is 0 Å². The number of aromatic nitrogens is 1. The van der Waals surface area contributed by atoms with Crippen LogP contribution in [0.25, 0.3) is 10.9 Å². The molecule has 1 aliphatic heterocycles. The number of benzene rings is 2. The van der Waals surface area contributed by atoms with Gasteiger partial charge in [-0.15, -0.1) is 0 Å². The van der Waals surface area contributed by atoms with Crippen molar-refractivity contribution in [2.24, 2.45) is 0 Å². The molecule has 0 atom stereocenters. The molecular weight excluding hydrogens is 400 g/mol. The smallest absolute Gasteiger partial charge is 0.0931 e. The maximum Gasteiger partial charge on any atom is 0.0931 e. The fourth-order valence-corrected chi connectivity index (χ4v) is 4.79. The molecule has 0 bridgehead atoms. The molecule has 1 aliphatic rings. The quantitative estimate of drug-likeness (QED) is 0.408. The van der Waals surface area contributed by atoms with Crippen LogP contribution in [0.2, 0.25) is 0 Å². The van der Waals surface area contributed by atoms with Gasteiger partial charge in [-0.2, -0.15) is 0 Å². The molecular formula is C26H32N4S. The lowest BCUT2D eigenvalue weighted by atomic mass is 10.1. The SMILES string of the molecule is CCn1c(C#CCNc2ccccc2)cc2cc(CNC3CCN(SC)CC3)ccc21. The predicted octanol–water partition coefficient (Wildman–Crippen LogP) is 4.96. The average Bonchev–Trinajstić information content (AvgIpc) is 3.18. The number of hydrogen-bond donors (Lipinski definition) is 2. The minimum atomic E-state index is 0.623. The number of para-hydroxylation sites is 1. The van der Waals surface area contributed by atoms with E-state index in [9.17, 15) is 0 Å². The van der Waals surface area contributed by atoms with Gasteiger partial charge < -0.3 is 15.2 Å². The first kappa shape index (κ1) is 21.8. The number of piperidine rings is 1. The summed E-state index contributed by atoms with van der Waals surface area (Å²) < 4.78 is 4.76. The maximum atomic E-state index is 3.76. The van der Waals surface area contributed by atoms with Gasteiger partial charge in [0.15, 0.2) is 0 Å². The Morgan fingerprint density at radius 1 is 1.06 bits per heavy atom. The van der Waals surface area contributed by atoms with Crippen molar-refractivity contribution in [1.29, 1.82) is 0 Å². The maximum absolute atomic E-state index is 3.76. The number of hydrogen-bond acceptors (Lipinski definition) is 4. The third kappa shape index (κ3) is 5.65. The molecule has 5 heteroatoms. The fourth-order valence-electron chi connectivity index (χ4n) is 4.22. The molecule has 2 aromatic carbocycles. The molecule has 0 aliphatic carbocycles. The van der Waals surface area contributed by atoms with Crippen LogP contribution in [-0.2, 0) is 13.1 Å². The van der Waals surface area contributed by atoms with Crippen molar-refractivity contribution in [3.8, 4) is 11.8 Å². The van der Waals surface area contributed by atoms with Gasteiger partial charge in [-0.05, 0) is 67.8 Å². The summed E-state index contributed by atoms with van der Waals surface area (Å²) in [6.45, 7) is 7.03. The van der Waals surface area contributed by atoms with Crippen LogP contribution in [0.15, 0.2) is 54.6 Å². The number of rotatable bonds is 7. The van der Waals surface area contributed by atoms with Crippen LogP contribution in [0.5, 0.6) is 0 Å². The third-order valence-electron chi connectivity index (χ3n) is 5.96. The topological polar surface area (TPSA) is 32.2 Å². The van der Waals surface area contributed by atoms with E-state index in [0.29, 0.717) is 12.6 Å². The molecule has 1 aromatic heterocycles. The Kier molecular flexibility index (Phi) is 7.58. The molecule has 0 unspecified atom stereocenters. The molecule has 1 saturated heterocycles. The molecule has 31 heavy (non-hydrogen) atoms. The molecule has 1 fully saturated rings. The van der Waals surface area contributed by atoms with Crippen molar-refractivity contribution in [2.45, 2.75) is 38.9 Å². The van der Waals surface area contributed by atoms with Crippen LogP contribution in [0.1, 0.15) is 31.0 Å². The van der Waals surface area contributed by atoms with E-state index in [1.807, 2.05) is 30.1 Å². The first-order valence-corrected chi connectivity index (χ1v) is 12.4. The number of nitrogens with zero attached hydrogens (tertiary/aromatic N) is 2. The lowest BCUT2D eigenvalue weighted by Gasteiger charge is -2.30. The van der Waals surface area contributed by atoms with Crippen LogP contribution < -0.4 is 10.6 Å². The second kappa shape index (κ2) is 10.8. The van der Waals surface area contributed by atoms with E-state index in [-0.39, 0.29) is 0 Å². The zero-order chi connectivity index (χ0) is 21.5. The van der Waals surface area contributed by atoms with E-state index in [1.54, 1.807) is 0 Å². The van der Waals surface area contributed by atoms with Gasteiger partial charge in [-0.1, -0.05) is 42.1 Å². The second-order valence-corrected chi connectivity index (χ2v) is 8.84. The van der Waals surface area contributed by atoms with Crippen molar-refractivity contribution in [2.75, 3.05) is 31.2 Å². The number of anilines is 1.